The van der Waals surface area contributed by atoms with Crippen LogP contribution in [0.25, 0.3) is 11.3 Å². The number of ether oxygens (including phenoxy) is 2. The van der Waals surface area contributed by atoms with Crippen molar-refractivity contribution in [2.45, 2.75) is 19.8 Å². The number of carbonyl (C=O) groups is 1. The van der Waals surface area contributed by atoms with E-state index in [1.807, 2.05) is 49.4 Å². The third kappa shape index (κ3) is 4.72. The third-order valence-electron chi connectivity index (χ3n) is 4.26. The van der Waals surface area contributed by atoms with E-state index in [0.717, 1.165) is 26.2 Å². The van der Waals surface area contributed by atoms with Gasteiger partial charge in [0.1, 0.15) is 0 Å². The molecule has 0 atom stereocenters. The molecule has 2 aromatic carbocycles. The number of methoxy groups -OCH3 is 2. The molecule has 7 heteroatoms. The molecule has 146 valence electrons. The minimum absolute atomic E-state index is 0.0740. The first-order valence-corrected chi connectivity index (χ1v) is 10.4. The molecule has 0 radical (unpaired) electrons. The van der Waals surface area contributed by atoms with Crippen LogP contribution in [0.3, 0.4) is 0 Å². The van der Waals surface area contributed by atoms with Crippen LogP contribution in [0.1, 0.15) is 16.9 Å². The number of anilines is 1. The molecule has 0 spiro atoms. The summed E-state index contributed by atoms with van der Waals surface area (Å²) in [5.41, 5.74) is 2.93. The van der Waals surface area contributed by atoms with Gasteiger partial charge in [0.25, 0.3) is 0 Å². The minimum atomic E-state index is -0.0740. The Morgan fingerprint density at radius 2 is 1.82 bits per heavy atom. The molecule has 1 amide bonds. The summed E-state index contributed by atoms with van der Waals surface area (Å²) in [6, 6.07) is 13.7. The summed E-state index contributed by atoms with van der Waals surface area (Å²) in [5, 5.41) is 3.53. The van der Waals surface area contributed by atoms with Gasteiger partial charge >= 0.3 is 0 Å². The minimum Gasteiger partial charge on any atom is -0.493 e. The summed E-state index contributed by atoms with van der Waals surface area (Å²) < 4.78 is 11.5. The van der Waals surface area contributed by atoms with Crippen LogP contribution in [0, 0.1) is 6.92 Å². The Hall–Kier alpha value is -2.38. The zero-order valence-electron chi connectivity index (χ0n) is 15.9. The quantitative estimate of drug-likeness (QED) is 0.507. The molecule has 1 heterocycles. The van der Waals surface area contributed by atoms with Gasteiger partial charge in [0.15, 0.2) is 16.6 Å². The number of benzene rings is 2. The highest BCUT2D eigenvalue weighted by Crippen LogP contribution is 2.34. The first-order valence-electron chi connectivity index (χ1n) is 8.75. The Balaban J connectivity index is 1.66. The van der Waals surface area contributed by atoms with Crippen LogP contribution < -0.4 is 14.8 Å². The van der Waals surface area contributed by atoms with Crippen molar-refractivity contribution < 1.29 is 14.3 Å². The summed E-state index contributed by atoms with van der Waals surface area (Å²) in [6.45, 7) is 2.01. The van der Waals surface area contributed by atoms with E-state index in [2.05, 4.69) is 26.2 Å². The molecule has 5 nitrogen and oxygen atoms in total. The molecule has 0 fully saturated rings. The lowest BCUT2D eigenvalue weighted by molar-refractivity contribution is -0.116. The molecular weight excluding hydrogens is 440 g/mol. The molecule has 0 saturated heterocycles. The van der Waals surface area contributed by atoms with E-state index in [1.54, 1.807) is 14.2 Å². The van der Waals surface area contributed by atoms with Gasteiger partial charge < -0.3 is 14.8 Å². The van der Waals surface area contributed by atoms with Gasteiger partial charge in [-0.2, -0.15) is 0 Å². The summed E-state index contributed by atoms with van der Waals surface area (Å²) in [4.78, 5) is 18.1. The standard InChI is InChI=1S/C21H21BrN2O3S/c1-13-20(14-7-5-4-6-8-14)24-21(28-13)23-19(25)10-9-15-11-17(26-2)18(27-3)12-16(15)22/h4-8,11-12H,9-10H2,1-3H3,(H,23,24,25). The van der Waals surface area contributed by atoms with Crippen molar-refractivity contribution in [1.82, 2.24) is 4.98 Å². The van der Waals surface area contributed by atoms with Crippen LogP contribution in [0.4, 0.5) is 5.13 Å². The average molecular weight is 461 g/mol. The molecule has 0 saturated carbocycles. The number of hydrogen-bond acceptors (Lipinski definition) is 5. The van der Waals surface area contributed by atoms with Gasteiger partial charge in [-0.3, -0.25) is 4.79 Å². The predicted molar refractivity (Wildman–Crippen MR) is 116 cm³/mol. The highest BCUT2D eigenvalue weighted by atomic mass is 79.9. The Kier molecular flexibility index (Phi) is 6.70. The molecule has 3 rings (SSSR count). The molecule has 0 aliphatic rings. The molecule has 3 aromatic rings. The smallest absolute Gasteiger partial charge is 0.226 e. The molecule has 1 N–H and O–H groups in total. The molecule has 0 aliphatic carbocycles. The van der Waals surface area contributed by atoms with Crippen LogP contribution >= 0.6 is 27.3 Å². The van der Waals surface area contributed by atoms with Gasteiger partial charge in [0, 0.05) is 21.3 Å². The fourth-order valence-electron chi connectivity index (χ4n) is 2.83. The van der Waals surface area contributed by atoms with Crippen LogP contribution in [-0.4, -0.2) is 25.1 Å². The third-order valence-corrected chi connectivity index (χ3v) is 5.89. The summed E-state index contributed by atoms with van der Waals surface area (Å²) >= 11 is 5.01. The maximum Gasteiger partial charge on any atom is 0.226 e. The van der Waals surface area contributed by atoms with Gasteiger partial charge in [-0.05, 0) is 31.0 Å². The zero-order chi connectivity index (χ0) is 20.1. The number of aromatic nitrogens is 1. The van der Waals surface area contributed by atoms with Crippen molar-refractivity contribution in [2.24, 2.45) is 0 Å². The van der Waals surface area contributed by atoms with E-state index in [9.17, 15) is 4.79 Å². The summed E-state index contributed by atoms with van der Waals surface area (Å²) in [6.07, 6.45) is 0.913. The Bertz CT molecular complexity index is 973. The number of rotatable bonds is 7. The molecule has 1 aromatic heterocycles. The van der Waals surface area contributed by atoms with E-state index in [1.165, 1.54) is 11.3 Å². The van der Waals surface area contributed by atoms with E-state index < -0.39 is 0 Å². The maximum absolute atomic E-state index is 12.4. The number of nitrogens with one attached hydrogen (secondary N) is 1. The second-order valence-electron chi connectivity index (χ2n) is 6.14. The second kappa shape index (κ2) is 9.21. The number of nitrogens with zero attached hydrogens (tertiary/aromatic N) is 1. The Labute approximate surface area is 176 Å². The van der Waals surface area contributed by atoms with E-state index >= 15 is 0 Å². The van der Waals surface area contributed by atoms with Crippen molar-refractivity contribution in [3.8, 4) is 22.8 Å². The highest BCUT2D eigenvalue weighted by Gasteiger charge is 2.14. The van der Waals surface area contributed by atoms with E-state index in [0.29, 0.717) is 29.5 Å². The first kappa shape index (κ1) is 20.4. The lowest BCUT2D eigenvalue weighted by Gasteiger charge is -2.11. The SMILES string of the molecule is COc1cc(Br)c(CCC(=O)Nc2nc(-c3ccccc3)c(C)s2)cc1OC. The largest absolute Gasteiger partial charge is 0.493 e. The highest BCUT2D eigenvalue weighted by molar-refractivity contribution is 9.10. The van der Waals surface area contributed by atoms with Crippen LogP contribution in [-0.2, 0) is 11.2 Å². The number of aryl methyl sites for hydroxylation is 2. The van der Waals surface area contributed by atoms with Crippen molar-refractivity contribution in [3.63, 3.8) is 0 Å². The predicted octanol–water partition coefficient (Wildman–Crippen LogP) is 5.47. The number of carbonyl (C=O) groups excluding carboxylic acids is 1. The first-order chi connectivity index (χ1) is 13.5. The Morgan fingerprint density at radius 3 is 2.50 bits per heavy atom. The second-order valence-corrected chi connectivity index (χ2v) is 8.19. The number of thiazole rings is 1. The van der Waals surface area contributed by atoms with Crippen molar-refractivity contribution in [2.75, 3.05) is 19.5 Å². The molecule has 0 unspecified atom stereocenters. The topological polar surface area (TPSA) is 60.5 Å². The van der Waals surface area contributed by atoms with Gasteiger partial charge in [0.2, 0.25) is 5.91 Å². The summed E-state index contributed by atoms with van der Waals surface area (Å²) in [7, 11) is 3.19. The van der Waals surface area contributed by atoms with Gasteiger partial charge in [-0.15, -0.1) is 11.3 Å². The molecule has 0 bridgehead atoms. The van der Waals surface area contributed by atoms with Crippen molar-refractivity contribution in [1.29, 1.82) is 0 Å². The fraction of sp³-hybridized carbons (Fsp3) is 0.238. The van der Waals surface area contributed by atoms with E-state index in [-0.39, 0.29) is 5.91 Å². The molecule has 0 aliphatic heterocycles. The lowest BCUT2D eigenvalue weighted by Crippen LogP contribution is -2.12. The van der Waals surface area contributed by atoms with Crippen molar-refractivity contribution >= 4 is 38.3 Å². The van der Waals surface area contributed by atoms with Gasteiger partial charge in [0.05, 0.1) is 19.9 Å². The number of amides is 1. The fourth-order valence-corrected chi connectivity index (χ4v) is 4.20. The Morgan fingerprint density at radius 1 is 1.14 bits per heavy atom. The number of hydrogen-bond donors (Lipinski definition) is 1. The van der Waals surface area contributed by atoms with Crippen LogP contribution in [0.5, 0.6) is 11.5 Å². The van der Waals surface area contributed by atoms with Crippen LogP contribution in [0.15, 0.2) is 46.9 Å². The number of halogens is 1. The monoisotopic (exact) mass is 460 g/mol. The van der Waals surface area contributed by atoms with Crippen LogP contribution in [0.2, 0.25) is 0 Å². The molecular formula is C21H21BrN2O3S. The van der Waals surface area contributed by atoms with Gasteiger partial charge in [-0.25, -0.2) is 4.98 Å². The normalized spacial score (nSPS) is 10.6. The maximum atomic E-state index is 12.4. The zero-order valence-corrected chi connectivity index (χ0v) is 18.3. The average Bonchev–Trinajstić information content (AvgIpc) is 3.07. The van der Waals surface area contributed by atoms with Gasteiger partial charge in [-0.1, -0.05) is 46.3 Å². The molecule has 28 heavy (non-hydrogen) atoms. The lowest BCUT2D eigenvalue weighted by atomic mass is 10.1. The van der Waals surface area contributed by atoms with E-state index in [4.69, 9.17) is 9.47 Å². The summed E-state index contributed by atoms with van der Waals surface area (Å²) in [5.74, 6) is 1.22. The van der Waals surface area contributed by atoms with Crippen molar-refractivity contribution in [3.05, 3.63) is 57.4 Å².